The number of benzene rings is 1. The van der Waals surface area contributed by atoms with Crippen LogP contribution in [0.1, 0.15) is 32.6 Å². The van der Waals surface area contributed by atoms with Crippen molar-refractivity contribution in [1.29, 1.82) is 0 Å². The first-order chi connectivity index (χ1) is 13.0. The predicted molar refractivity (Wildman–Crippen MR) is 101 cm³/mol. The Morgan fingerprint density at radius 2 is 1.89 bits per heavy atom. The largest absolute Gasteiger partial charge is 0.368 e. The van der Waals surface area contributed by atoms with Gasteiger partial charge >= 0.3 is 6.03 Å². The molecule has 1 aromatic carbocycles. The molecule has 0 spiro atoms. The van der Waals surface area contributed by atoms with E-state index >= 15 is 0 Å². The molecule has 146 valence electrons. The number of nitrogens with zero attached hydrogens (tertiary/aromatic N) is 1. The number of hydrogen-bond donors (Lipinski definition) is 3. The summed E-state index contributed by atoms with van der Waals surface area (Å²) >= 11 is 0. The van der Waals surface area contributed by atoms with Crippen molar-refractivity contribution >= 4 is 29.2 Å². The minimum absolute atomic E-state index is 0.142. The van der Waals surface area contributed by atoms with Gasteiger partial charge < -0.3 is 25.6 Å². The highest BCUT2D eigenvalue weighted by molar-refractivity contribution is 5.95. The number of ether oxygens (including phenoxy) is 1. The van der Waals surface area contributed by atoms with E-state index < -0.39 is 0 Å². The van der Waals surface area contributed by atoms with E-state index in [0.717, 1.165) is 25.8 Å². The van der Waals surface area contributed by atoms with Crippen molar-refractivity contribution in [3.8, 4) is 0 Å². The minimum atomic E-state index is -0.377. The molecule has 2 aliphatic rings. The number of carbonyl (C=O) groups is 3. The molecule has 2 unspecified atom stereocenters. The molecule has 2 heterocycles. The van der Waals surface area contributed by atoms with E-state index in [4.69, 9.17) is 4.74 Å². The van der Waals surface area contributed by atoms with E-state index in [9.17, 15) is 14.4 Å². The number of amides is 4. The van der Waals surface area contributed by atoms with Crippen molar-refractivity contribution < 1.29 is 19.1 Å². The van der Waals surface area contributed by atoms with Crippen LogP contribution in [0.2, 0.25) is 0 Å². The summed E-state index contributed by atoms with van der Waals surface area (Å²) in [5.74, 6) is 0.000866. The van der Waals surface area contributed by atoms with E-state index in [-0.39, 0.29) is 30.0 Å². The molecule has 27 heavy (non-hydrogen) atoms. The topological polar surface area (TPSA) is 99.8 Å². The first-order valence-corrected chi connectivity index (χ1v) is 9.39. The van der Waals surface area contributed by atoms with Gasteiger partial charge in [-0.15, -0.1) is 0 Å². The molecular weight excluding hydrogens is 348 g/mol. The van der Waals surface area contributed by atoms with Gasteiger partial charge in [-0.3, -0.25) is 9.59 Å². The number of carbonyl (C=O) groups excluding carboxylic acids is 3. The summed E-state index contributed by atoms with van der Waals surface area (Å²) in [5.41, 5.74) is 1.27. The summed E-state index contributed by atoms with van der Waals surface area (Å²) in [5, 5.41) is 8.39. The highest BCUT2D eigenvalue weighted by atomic mass is 16.5. The molecule has 0 aliphatic carbocycles. The number of likely N-dealkylation sites (tertiary alicyclic amines) is 1. The van der Waals surface area contributed by atoms with Gasteiger partial charge in [0.15, 0.2) is 0 Å². The van der Waals surface area contributed by atoms with Crippen LogP contribution in [0.5, 0.6) is 0 Å². The lowest BCUT2D eigenvalue weighted by molar-refractivity contribution is -0.128. The molecule has 4 amide bonds. The maximum Gasteiger partial charge on any atom is 0.319 e. The van der Waals surface area contributed by atoms with Gasteiger partial charge in [-0.25, -0.2) is 4.79 Å². The van der Waals surface area contributed by atoms with Gasteiger partial charge in [-0.05, 0) is 50.5 Å². The second kappa shape index (κ2) is 8.85. The Balaban J connectivity index is 1.43. The summed E-state index contributed by atoms with van der Waals surface area (Å²) in [6, 6.07) is 6.43. The standard InChI is InChI=1S/C19H26N4O4/c1-13(12-23-10-2-5-17(23)24)20-19(26)22-15-8-6-14(7-9-15)21-18(25)16-4-3-11-27-16/h6-9,13,16H,2-5,10-12H2,1H3,(H,21,25)(H2,20,22,26). The van der Waals surface area contributed by atoms with Gasteiger partial charge in [-0.1, -0.05) is 0 Å². The molecular formula is C19H26N4O4. The number of anilines is 2. The van der Waals surface area contributed by atoms with Gasteiger partial charge in [0.25, 0.3) is 5.91 Å². The maximum absolute atomic E-state index is 12.1. The van der Waals surface area contributed by atoms with Crippen LogP contribution in [0, 0.1) is 0 Å². The van der Waals surface area contributed by atoms with Gasteiger partial charge in [0.05, 0.1) is 0 Å². The lowest BCUT2D eigenvalue weighted by atomic mass is 10.2. The van der Waals surface area contributed by atoms with Crippen molar-refractivity contribution in [1.82, 2.24) is 10.2 Å². The fourth-order valence-electron chi connectivity index (χ4n) is 3.31. The molecule has 3 rings (SSSR count). The molecule has 2 atom stereocenters. The van der Waals surface area contributed by atoms with Gasteiger partial charge in [-0.2, -0.15) is 0 Å². The van der Waals surface area contributed by atoms with Crippen molar-refractivity contribution in [2.45, 2.75) is 44.8 Å². The average molecular weight is 374 g/mol. The zero-order valence-corrected chi connectivity index (χ0v) is 15.5. The van der Waals surface area contributed by atoms with Crippen LogP contribution in [-0.4, -0.2) is 54.6 Å². The summed E-state index contributed by atoms with van der Waals surface area (Å²) in [7, 11) is 0. The number of urea groups is 1. The van der Waals surface area contributed by atoms with E-state index in [1.807, 2.05) is 6.92 Å². The molecule has 0 radical (unpaired) electrons. The fraction of sp³-hybridized carbons (Fsp3) is 0.526. The quantitative estimate of drug-likeness (QED) is 0.708. The van der Waals surface area contributed by atoms with E-state index in [1.165, 1.54) is 0 Å². The molecule has 8 nitrogen and oxygen atoms in total. The van der Waals surface area contributed by atoms with Gasteiger partial charge in [0, 0.05) is 43.5 Å². The third kappa shape index (κ3) is 5.43. The molecule has 2 aliphatic heterocycles. The normalized spacial score (nSPS) is 20.4. The highest BCUT2D eigenvalue weighted by Gasteiger charge is 2.24. The van der Waals surface area contributed by atoms with E-state index in [2.05, 4.69) is 16.0 Å². The molecule has 0 bridgehead atoms. The van der Waals surface area contributed by atoms with Gasteiger partial charge in [0.1, 0.15) is 6.10 Å². The first kappa shape index (κ1) is 19.2. The lowest BCUT2D eigenvalue weighted by Crippen LogP contribution is -2.44. The Kier molecular flexibility index (Phi) is 6.28. The van der Waals surface area contributed by atoms with Crippen LogP contribution in [0.25, 0.3) is 0 Å². The number of rotatable bonds is 6. The molecule has 0 aromatic heterocycles. The highest BCUT2D eigenvalue weighted by Crippen LogP contribution is 2.17. The second-order valence-electron chi connectivity index (χ2n) is 7.01. The van der Waals surface area contributed by atoms with Crippen molar-refractivity contribution in [2.75, 3.05) is 30.3 Å². The maximum atomic E-state index is 12.1. The average Bonchev–Trinajstić information content (AvgIpc) is 3.29. The van der Waals surface area contributed by atoms with E-state index in [0.29, 0.717) is 30.9 Å². The SMILES string of the molecule is CC(CN1CCCC1=O)NC(=O)Nc1ccc(NC(=O)C2CCCO2)cc1. The Morgan fingerprint density at radius 3 is 2.48 bits per heavy atom. The Bertz CT molecular complexity index is 685. The molecule has 0 saturated carbocycles. The summed E-state index contributed by atoms with van der Waals surface area (Å²) < 4.78 is 5.35. The molecule has 2 fully saturated rings. The van der Waals surface area contributed by atoms with Crippen molar-refractivity contribution in [3.05, 3.63) is 24.3 Å². The summed E-state index contributed by atoms with van der Waals surface area (Å²) in [6.45, 7) is 3.77. The predicted octanol–water partition coefficient (Wildman–Crippen LogP) is 1.94. The third-order valence-electron chi connectivity index (χ3n) is 4.68. The number of hydrogen-bond acceptors (Lipinski definition) is 4. The molecule has 8 heteroatoms. The van der Waals surface area contributed by atoms with Crippen LogP contribution in [-0.2, 0) is 14.3 Å². The van der Waals surface area contributed by atoms with E-state index in [1.54, 1.807) is 29.2 Å². The lowest BCUT2D eigenvalue weighted by Gasteiger charge is -2.21. The molecule has 3 N–H and O–H groups in total. The molecule has 2 saturated heterocycles. The van der Waals surface area contributed by atoms with Crippen LogP contribution < -0.4 is 16.0 Å². The number of nitrogens with one attached hydrogen (secondary N) is 3. The zero-order valence-electron chi connectivity index (χ0n) is 15.5. The van der Waals surface area contributed by atoms with Gasteiger partial charge in [0.2, 0.25) is 5.91 Å². The minimum Gasteiger partial charge on any atom is -0.368 e. The fourth-order valence-corrected chi connectivity index (χ4v) is 3.31. The zero-order chi connectivity index (χ0) is 19.2. The second-order valence-corrected chi connectivity index (χ2v) is 7.01. The Hall–Kier alpha value is -2.61. The van der Waals surface area contributed by atoms with Crippen molar-refractivity contribution in [2.24, 2.45) is 0 Å². The monoisotopic (exact) mass is 374 g/mol. The van der Waals surface area contributed by atoms with Crippen molar-refractivity contribution in [3.63, 3.8) is 0 Å². The molecule has 1 aromatic rings. The Labute approximate surface area is 158 Å². The Morgan fingerprint density at radius 1 is 1.19 bits per heavy atom. The van der Waals surface area contributed by atoms with Crippen LogP contribution >= 0.6 is 0 Å². The van der Waals surface area contributed by atoms with Crippen LogP contribution in [0.15, 0.2) is 24.3 Å². The smallest absolute Gasteiger partial charge is 0.319 e. The first-order valence-electron chi connectivity index (χ1n) is 9.39. The summed E-state index contributed by atoms with van der Waals surface area (Å²) in [4.78, 5) is 37.5. The summed E-state index contributed by atoms with van der Waals surface area (Å²) in [6.07, 6.45) is 2.74. The van der Waals surface area contributed by atoms with Crippen LogP contribution in [0.3, 0.4) is 0 Å². The van der Waals surface area contributed by atoms with Crippen LogP contribution in [0.4, 0.5) is 16.2 Å². The third-order valence-corrected chi connectivity index (χ3v) is 4.68.